The highest BCUT2D eigenvalue weighted by molar-refractivity contribution is 7.09. The molecule has 5 nitrogen and oxygen atoms in total. The highest BCUT2D eigenvalue weighted by atomic mass is 35.5. The Labute approximate surface area is 185 Å². The first-order chi connectivity index (χ1) is 14.1. The van der Waals surface area contributed by atoms with Crippen molar-refractivity contribution in [2.24, 2.45) is 0 Å². The van der Waals surface area contributed by atoms with Gasteiger partial charge in [-0.05, 0) is 42.5 Å². The minimum Gasteiger partial charge on any atom is -0.497 e. The molecule has 1 amide bonds. The van der Waals surface area contributed by atoms with Crippen molar-refractivity contribution >= 4 is 29.7 Å². The molecule has 1 aromatic heterocycles. The van der Waals surface area contributed by atoms with Gasteiger partial charge in [0.25, 0.3) is 5.91 Å². The number of benzene rings is 2. The molecule has 1 aliphatic rings. The monoisotopic (exact) mass is 447 g/mol. The van der Waals surface area contributed by atoms with Gasteiger partial charge in [0, 0.05) is 42.7 Å². The van der Waals surface area contributed by atoms with Crippen molar-refractivity contribution in [2.75, 3.05) is 33.3 Å². The first-order valence-electron chi connectivity index (χ1n) is 9.48. The lowest BCUT2D eigenvalue weighted by molar-refractivity contribution is 0.0628. The van der Waals surface area contributed by atoms with Gasteiger partial charge in [-0.15, -0.1) is 23.7 Å². The molecule has 158 valence electrons. The lowest BCUT2D eigenvalue weighted by Gasteiger charge is -2.34. The number of carbonyl (C=O) groups is 1. The van der Waals surface area contributed by atoms with E-state index in [4.69, 9.17) is 9.72 Å². The van der Waals surface area contributed by atoms with Crippen molar-refractivity contribution < 1.29 is 13.9 Å². The van der Waals surface area contributed by atoms with Crippen LogP contribution >= 0.6 is 23.7 Å². The summed E-state index contributed by atoms with van der Waals surface area (Å²) in [6.07, 6.45) is 0. The van der Waals surface area contributed by atoms with E-state index in [9.17, 15) is 9.18 Å². The molecule has 1 saturated heterocycles. The number of thiazole rings is 1. The second-order valence-corrected chi connectivity index (χ2v) is 7.88. The fourth-order valence-corrected chi connectivity index (χ4v) is 4.23. The fraction of sp³-hybridized carbons (Fsp3) is 0.273. The van der Waals surface area contributed by atoms with Gasteiger partial charge in [-0.25, -0.2) is 9.37 Å². The van der Waals surface area contributed by atoms with Crippen LogP contribution in [-0.2, 0) is 6.54 Å². The van der Waals surface area contributed by atoms with Gasteiger partial charge in [0.15, 0.2) is 0 Å². The van der Waals surface area contributed by atoms with E-state index in [0.29, 0.717) is 18.7 Å². The number of rotatable bonds is 5. The third-order valence-electron chi connectivity index (χ3n) is 5.03. The Balaban J connectivity index is 0.00000256. The maximum absolute atomic E-state index is 13.4. The van der Waals surface area contributed by atoms with Gasteiger partial charge < -0.3 is 9.64 Å². The van der Waals surface area contributed by atoms with Crippen LogP contribution in [0.1, 0.15) is 15.4 Å². The van der Waals surface area contributed by atoms with Crippen LogP contribution in [0.2, 0.25) is 0 Å². The lowest BCUT2D eigenvalue weighted by Crippen LogP contribution is -2.48. The molecule has 2 heterocycles. The lowest BCUT2D eigenvalue weighted by atomic mass is 10.1. The summed E-state index contributed by atoms with van der Waals surface area (Å²) in [6, 6.07) is 13.8. The predicted molar refractivity (Wildman–Crippen MR) is 119 cm³/mol. The molecule has 1 fully saturated rings. The topological polar surface area (TPSA) is 45.7 Å². The Morgan fingerprint density at radius 2 is 1.87 bits per heavy atom. The van der Waals surface area contributed by atoms with E-state index in [2.05, 4.69) is 10.3 Å². The Morgan fingerprint density at radius 3 is 2.53 bits per heavy atom. The van der Waals surface area contributed by atoms with Crippen LogP contribution in [0.4, 0.5) is 4.39 Å². The summed E-state index contributed by atoms with van der Waals surface area (Å²) in [4.78, 5) is 21.4. The van der Waals surface area contributed by atoms with Crippen molar-refractivity contribution in [2.45, 2.75) is 6.54 Å². The van der Waals surface area contributed by atoms with E-state index in [1.807, 2.05) is 24.3 Å². The Hall–Kier alpha value is -2.48. The summed E-state index contributed by atoms with van der Waals surface area (Å²) < 4.78 is 18.6. The van der Waals surface area contributed by atoms with Crippen molar-refractivity contribution in [1.29, 1.82) is 0 Å². The molecule has 0 saturated carbocycles. The largest absolute Gasteiger partial charge is 0.497 e. The number of halogens is 2. The van der Waals surface area contributed by atoms with E-state index in [1.165, 1.54) is 12.1 Å². The van der Waals surface area contributed by atoms with Gasteiger partial charge in [0.05, 0.1) is 19.3 Å². The van der Waals surface area contributed by atoms with Crippen LogP contribution in [0.3, 0.4) is 0 Å². The van der Waals surface area contributed by atoms with E-state index < -0.39 is 0 Å². The quantitative estimate of drug-likeness (QED) is 0.583. The number of nitrogens with zero attached hydrogens (tertiary/aromatic N) is 3. The summed E-state index contributed by atoms with van der Waals surface area (Å²) in [5.74, 6) is 0.334. The normalized spacial score (nSPS) is 14.3. The molecule has 0 radical (unpaired) electrons. The van der Waals surface area contributed by atoms with Gasteiger partial charge in [-0.3, -0.25) is 9.69 Å². The summed E-state index contributed by atoms with van der Waals surface area (Å²) in [6.45, 7) is 3.58. The smallest absolute Gasteiger partial charge is 0.254 e. The molecule has 1 aliphatic heterocycles. The zero-order valence-corrected chi connectivity index (χ0v) is 18.2. The fourth-order valence-electron chi connectivity index (χ4n) is 3.38. The first kappa shape index (κ1) is 22.2. The number of piperazine rings is 1. The van der Waals surface area contributed by atoms with Gasteiger partial charge >= 0.3 is 0 Å². The van der Waals surface area contributed by atoms with E-state index in [0.717, 1.165) is 41.6 Å². The molecular weight excluding hydrogens is 425 g/mol. The van der Waals surface area contributed by atoms with E-state index >= 15 is 0 Å². The molecular formula is C22H23ClFN3O2S. The Morgan fingerprint density at radius 1 is 1.13 bits per heavy atom. The molecule has 3 aromatic rings. The van der Waals surface area contributed by atoms with Crippen LogP contribution in [0.25, 0.3) is 11.3 Å². The van der Waals surface area contributed by atoms with Gasteiger partial charge in [-0.2, -0.15) is 0 Å². The number of amides is 1. The molecule has 30 heavy (non-hydrogen) atoms. The molecule has 4 rings (SSSR count). The zero-order chi connectivity index (χ0) is 20.2. The highest BCUT2D eigenvalue weighted by Crippen LogP contribution is 2.25. The molecule has 0 spiro atoms. The molecule has 2 aromatic carbocycles. The SMILES string of the molecule is COc1ccc(-c2csc(CN3CCN(C(=O)c4cccc(F)c4)CC3)n2)cc1.Cl. The molecule has 0 unspecified atom stereocenters. The summed E-state index contributed by atoms with van der Waals surface area (Å²) in [5, 5.41) is 3.13. The number of hydrogen-bond acceptors (Lipinski definition) is 5. The van der Waals surface area contributed by atoms with Crippen molar-refractivity contribution in [3.05, 3.63) is 70.3 Å². The standard InChI is InChI=1S/C22H22FN3O2S.ClH/c1-28-19-7-5-16(6-8-19)20-15-29-21(24-20)14-25-9-11-26(12-10-25)22(27)17-3-2-4-18(23)13-17;/h2-8,13,15H,9-12,14H2,1H3;1H. The third-order valence-corrected chi connectivity index (χ3v) is 5.86. The Bertz CT molecular complexity index is 988. The summed E-state index contributed by atoms with van der Waals surface area (Å²) in [5.41, 5.74) is 2.44. The highest BCUT2D eigenvalue weighted by Gasteiger charge is 2.23. The second kappa shape index (κ2) is 10.0. The summed E-state index contributed by atoms with van der Waals surface area (Å²) in [7, 11) is 1.65. The summed E-state index contributed by atoms with van der Waals surface area (Å²) >= 11 is 1.65. The van der Waals surface area contributed by atoms with Crippen LogP contribution in [0, 0.1) is 5.82 Å². The van der Waals surface area contributed by atoms with Crippen LogP contribution in [0.5, 0.6) is 5.75 Å². The second-order valence-electron chi connectivity index (χ2n) is 6.93. The number of aromatic nitrogens is 1. The minimum atomic E-state index is -0.383. The number of ether oxygens (including phenoxy) is 1. The average molecular weight is 448 g/mol. The number of methoxy groups -OCH3 is 1. The maximum Gasteiger partial charge on any atom is 0.254 e. The van der Waals surface area contributed by atoms with E-state index in [1.54, 1.807) is 35.5 Å². The van der Waals surface area contributed by atoms with Crippen molar-refractivity contribution in [3.63, 3.8) is 0 Å². The van der Waals surface area contributed by atoms with Crippen LogP contribution in [-0.4, -0.2) is 54.0 Å². The zero-order valence-electron chi connectivity index (χ0n) is 16.6. The van der Waals surface area contributed by atoms with E-state index in [-0.39, 0.29) is 24.1 Å². The molecule has 0 atom stereocenters. The maximum atomic E-state index is 13.4. The van der Waals surface area contributed by atoms with Gasteiger partial charge in [0.1, 0.15) is 16.6 Å². The molecule has 0 bridgehead atoms. The number of hydrogen-bond donors (Lipinski definition) is 0. The van der Waals surface area contributed by atoms with Gasteiger partial charge in [-0.1, -0.05) is 6.07 Å². The van der Waals surface area contributed by atoms with Crippen molar-refractivity contribution in [1.82, 2.24) is 14.8 Å². The number of carbonyl (C=O) groups excluding carboxylic acids is 1. The molecule has 8 heteroatoms. The Kier molecular flexibility index (Phi) is 7.42. The predicted octanol–water partition coefficient (Wildman–Crippen LogP) is 4.34. The third kappa shape index (κ3) is 5.16. The molecule has 0 aliphatic carbocycles. The first-order valence-corrected chi connectivity index (χ1v) is 10.4. The van der Waals surface area contributed by atoms with Crippen molar-refractivity contribution in [3.8, 4) is 17.0 Å². The van der Waals surface area contributed by atoms with Crippen LogP contribution < -0.4 is 4.74 Å². The molecule has 0 N–H and O–H groups in total. The minimum absolute atomic E-state index is 0. The van der Waals surface area contributed by atoms with Gasteiger partial charge in [0.2, 0.25) is 0 Å². The van der Waals surface area contributed by atoms with Crippen LogP contribution in [0.15, 0.2) is 53.9 Å². The average Bonchev–Trinajstić information content (AvgIpc) is 3.22.